The van der Waals surface area contributed by atoms with Gasteiger partial charge in [0.15, 0.2) is 5.01 Å². The Morgan fingerprint density at radius 1 is 1.26 bits per heavy atom. The van der Waals surface area contributed by atoms with Crippen molar-refractivity contribution in [3.63, 3.8) is 0 Å². The third kappa shape index (κ3) is 2.52. The number of nitrogens with zero attached hydrogens (tertiary/aromatic N) is 1. The minimum Gasteiger partial charge on any atom is -0.306 e. The van der Waals surface area contributed by atoms with Gasteiger partial charge in [0.2, 0.25) is 0 Å². The molecule has 1 unspecified atom stereocenters. The van der Waals surface area contributed by atoms with Gasteiger partial charge in [0.1, 0.15) is 0 Å². The molecule has 0 bridgehead atoms. The van der Waals surface area contributed by atoms with Crippen LogP contribution in [0.1, 0.15) is 48.4 Å². The van der Waals surface area contributed by atoms with Gasteiger partial charge in [-0.05, 0) is 38.1 Å². The average Bonchev–Trinajstić information content (AvgIpc) is 3.10. The Morgan fingerprint density at radius 3 is 2.68 bits per heavy atom. The summed E-state index contributed by atoms with van der Waals surface area (Å²) in [5, 5.41) is 2.83. The van der Waals surface area contributed by atoms with Gasteiger partial charge in [-0.1, -0.05) is 12.8 Å². The van der Waals surface area contributed by atoms with Gasteiger partial charge in [-0.3, -0.25) is 0 Å². The van der Waals surface area contributed by atoms with E-state index in [2.05, 4.69) is 10.3 Å². The van der Waals surface area contributed by atoms with Crippen LogP contribution in [0.2, 0.25) is 0 Å². The summed E-state index contributed by atoms with van der Waals surface area (Å²) >= 11 is 0.824. The van der Waals surface area contributed by atoms with Gasteiger partial charge in [0, 0.05) is 11.1 Å². The number of hydrogen-bond acceptors (Lipinski definition) is 3. The summed E-state index contributed by atoms with van der Waals surface area (Å²) in [6, 6.07) is 0. The molecule has 1 aliphatic carbocycles. The summed E-state index contributed by atoms with van der Waals surface area (Å²) in [5.74, 6) is 0.493. The second-order valence-corrected chi connectivity index (χ2v) is 6.54. The fourth-order valence-corrected chi connectivity index (χ4v) is 4.11. The Morgan fingerprint density at radius 2 is 2.05 bits per heavy atom. The topological polar surface area (TPSA) is 24.9 Å². The molecule has 1 aromatic heterocycles. The van der Waals surface area contributed by atoms with E-state index in [1.54, 1.807) is 0 Å². The monoisotopic (exact) mass is 290 g/mol. The van der Waals surface area contributed by atoms with Crippen molar-refractivity contribution in [2.75, 3.05) is 6.54 Å². The van der Waals surface area contributed by atoms with Crippen LogP contribution in [0.5, 0.6) is 0 Å². The summed E-state index contributed by atoms with van der Waals surface area (Å²) in [6.45, 7) is 0.899. The molecule has 6 heteroatoms. The number of nitrogens with one attached hydrogen (secondary N) is 1. The van der Waals surface area contributed by atoms with Crippen LogP contribution in [0.25, 0.3) is 0 Å². The molecule has 2 aliphatic rings. The van der Waals surface area contributed by atoms with Crippen molar-refractivity contribution in [1.29, 1.82) is 0 Å². The molecular formula is C13H17F3N2S. The Balaban J connectivity index is 1.93. The van der Waals surface area contributed by atoms with E-state index in [-0.39, 0.29) is 5.54 Å². The number of alkyl halides is 3. The lowest BCUT2D eigenvalue weighted by molar-refractivity contribution is -0.137. The van der Waals surface area contributed by atoms with Gasteiger partial charge < -0.3 is 5.32 Å². The quantitative estimate of drug-likeness (QED) is 0.892. The molecule has 0 radical (unpaired) electrons. The largest absolute Gasteiger partial charge is 0.443 e. The highest BCUT2D eigenvalue weighted by Crippen LogP contribution is 2.51. The third-order valence-electron chi connectivity index (χ3n) is 4.15. The van der Waals surface area contributed by atoms with Gasteiger partial charge in [-0.15, -0.1) is 11.3 Å². The van der Waals surface area contributed by atoms with Gasteiger partial charge in [0.25, 0.3) is 0 Å². The van der Waals surface area contributed by atoms with Crippen LogP contribution in [0, 0.1) is 5.92 Å². The Hall–Kier alpha value is -0.620. The second kappa shape index (κ2) is 4.74. The molecule has 3 rings (SSSR count). The lowest BCUT2D eigenvalue weighted by Crippen LogP contribution is -2.43. The molecule has 2 heterocycles. The zero-order valence-electron chi connectivity index (χ0n) is 10.6. The summed E-state index contributed by atoms with van der Waals surface area (Å²) in [5.41, 5.74) is -0.238. The molecule has 1 N–H and O–H groups in total. The number of halogens is 3. The summed E-state index contributed by atoms with van der Waals surface area (Å²) in [7, 11) is 0. The fourth-order valence-electron chi connectivity index (χ4n) is 3.05. The highest BCUT2D eigenvalue weighted by molar-refractivity contribution is 7.11. The first-order valence-electron chi connectivity index (χ1n) is 6.81. The predicted molar refractivity (Wildman–Crippen MR) is 68.0 cm³/mol. The summed E-state index contributed by atoms with van der Waals surface area (Å²) < 4.78 is 38.2. The number of rotatable bonds is 2. The van der Waals surface area contributed by atoms with Crippen molar-refractivity contribution in [3.8, 4) is 0 Å². The van der Waals surface area contributed by atoms with Gasteiger partial charge >= 0.3 is 6.18 Å². The maximum absolute atomic E-state index is 12.7. The van der Waals surface area contributed by atoms with E-state index in [1.807, 2.05) is 0 Å². The molecule has 0 aromatic carbocycles. The first kappa shape index (κ1) is 13.4. The molecule has 2 nitrogen and oxygen atoms in total. The van der Waals surface area contributed by atoms with Crippen LogP contribution in [0.15, 0.2) is 6.20 Å². The Kier molecular flexibility index (Phi) is 3.33. The van der Waals surface area contributed by atoms with E-state index in [9.17, 15) is 13.2 Å². The lowest BCUT2D eigenvalue weighted by atomic mass is 9.87. The van der Waals surface area contributed by atoms with E-state index < -0.39 is 11.2 Å². The second-order valence-electron chi connectivity index (χ2n) is 5.51. The maximum atomic E-state index is 12.7. The van der Waals surface area contributed by atoms with Crippen LogP contribution in [-0.4, -0.2) is 11.5 Å². The van der Waals surface area contributed by atoms with Gasteiger partial charge in [0.05, 0.1) is 5.54 Å². The molecule has 106 valence electrons. The van der Waals surface area contributed by atoms with Crippen molar-refractivity contribution >= 4 is 11.3 Å². The Labute approximate surface area is 114 Å². The first-order chi connectivity index (χ1) is 9.02. The molecular weight excluding hydrogens is 273 g/mol. The van der Waals surface area contributed by atoms with Crippen LogP contribution in [0.3, 0.4) is 0 Å². The van der Waals surface area contributed by atoms with Crippen LogP contribution in [-0.2, 0) is 11.7 Å². The standard InChI is InChI=1S/C13H17F3N2S/c14-13(15,16)11-17-8-10(19-11)12(9-4-5-9)6-2-1-3-7-18-12/h8-9,18H,1-7H2. The third-order valence-corrected chi connectivity index (χ3v) is 5.37. The van der Waals surface area contributed by atoms with Crippen LogP contribution >= 0.6 is 11.3 Å². The van der Waals surface area contributed by atoms with E-state index >= 15 is 0 Å². The van der Waals surface area contributed by atoms with Crippen molar-refractivity contribution in [2.24, 2.45) is 5.92 Å². The number of aromatic nitrogens is 1. The zero-order chi connectivity index (χ0) is 13.5. The molecule has 1 saturated heterocycles. The maximum Gasteiger partial charge on any atom is 0.443 e. The summed E-state index contributed by atoms with van der Waals surface area (Å²) in [6.07, 6.45) is 3.66. The summed E-state index contributed by atoms with van der Waals surface area (Å²) in [4.78, 5) is 4.38. The molecule has 0 amide bonds. The molecule has 1 saturated carbocycles. The van der Waals surface area contributed by atoms with Crippen LogP contribution in [0.4, 0.5) is 13.2 Å². The normalized spacial score (nSPS) is 29.2. The lowest BCUT2D eigenvalue weighted by Gasteiger charge is -2.33. The predicted octanol–water partition coefficient (Wildman–Crippen LogP) is 3.93. The minimum atomic E-state index is -4.32. The highest BCUT2D eigenvalue weighted by atomic mass is 32.1. The average molecular weight is 290 g/mol. The first-order valence-corrected chi connectivity index (χ1v) is 7.62. The van der Waals surface area contributed by atoms with Crippen molar-refractivity contribution in [3.05, 3.63) is 16.1 Å². The SMILES string of the molecule is FC(F)(F)c1ncc(C2(C3CC3)CCCCCN2)s1. The number of hydrogen-bond donors (Lipinski definition) is 1. The van der Waals surface area contributed by atoms with E-state index in [4.69, 9.17) is 0 Å². The highest BCUT2D eigenvalue weighted by Gasteiger charge is 2.48. The molecule has 1 aliphatic heterocycles. The van der Waals surface area contributed by atoms with Crippen molar-refractivity contribution in [1.82, 2.24) is 10.3 Å². The Bertz CT molecular complexity index is 443. The van der Waals surface area contributed by atoms with E-state index in [0.29, 0.717) is 5.92 Å². The molecule has 1 atom stereocenters. The van der Waals surface area contributed by atoms with Gasteiger partial charge in [-0.25, -0.2) is 4.98 Å². The van der Waals surface area contributed by atoms with Crippen molar-refractivity contribution < 1.29 is 13.2 Å². The smallest absolute Gasteiger partial charge is 0.306 e. The fraction of sp³-hybridized carbons (Fsp3) is 0.769. The molecule has 1 aromatic rings. The molecule has 2 fully saturated rings. The van der Waals surface area contributed by atoms with Gasteiger partial charge in [-0.2, -0.15) is 13.2 Å². The minimum absolute atomic E-state index is 0.238. The zero-order valence-corrected chi connectivity index (χ0v) is 11.4. The van der Waals surface area contributed by atoms with E-state index in [0.717, 1.165) is 61.3 Å². The van der Waals surface area contributed by atoms with Crippen LogP contribution < -0.4 is 5.32 Å². The van der Waals surface area contributed by atoms with E-state index in [1.165, 1.54) is 6.20 Å². The van der Waals surface area contributed by atoms with Crippen molar-refractivity contribution in [2.45, 2.75) is 50.2 Å². The molecule has 19 heavy (non-hydrogen) atoms. The number of thiazole rings is 1. The molecule has 0 spiro atoms.